The molecule has 1 amide bonds. The van der Waals surface area contributed by atoms with Crippen LogP contribution in [0.1, 0.15) is 42.2 Å². The van der Waals surface area contributed by atoms with Crippen LogP contribution in [0, 0.1) is 18.2 Å². The van der Waals surface area contributed by atoms with Gasteiger partial charge in [-0.25, -0.2) is 4.39 Å². The topological polar surface area (TPSA) is 62.2 Å². The standard InChI is InChI=1S/C18H21FN2O2/c1-11-14(8-12-5-6-13(19)9-15(12)20-11)17(23)21-16-4-3-7-18(16,2)10-22/h5-6,8-9,16,22H,3-4,7,10H2,1-2H3,(H,21,23). The molecule has 1 heterocycles. The molecule has 3 rings (SSSR count). The van der Waals surface area contributed by atoms with Gasteiger partial charge in [0.05, 0.1) is 23.4 Å². The van der Waals surface area contributed by atoms with Gasteiger partial charge in [-0.3, -0.25) is 9.78 Å². The first-order valence-corrected chi connectivity index (χ1v) is 7.91. The molecular weight excluding hydrogens is 295 g/mol. The molecule has 2 aromatic rings. The number of amides is 1. The Balaban J connectivity index is 1.89. The molecule has 2 unspecified atom stereocenters. The maximum absolute atomic E-state index is 13.3. The summed E-state index contributed by atoms with van der Waals surface area (Å²) in [6.07, 6.45) is 2.77. The third kappa shape index (κ3) is 2.93. The average molecular weight is 316 g/mol. The van der Waals surface area contributed by atoms with Gasteiger partial charge < -0.3 is 10.4 Å². The number of aryl methyl sites for hydroxylation is 1. The van der Waals surface area contributed by atoms with Gasteiger partial charge in [0.25, 0.3) is 5.91 Å². The number of nitrogens with one attached hydrogen (secondary N) is 1. The minimum atomic E-state index is -0.341. The number of fused-ring (bicyclic) bond motifs is 1. The normalized spacial score (nSPS) is 24.1. The fourth-order valence-electron chi connectivity index (χ4n) is 3.37. The number of halogens is 1. The van der Waals surface area contributed by atoms with Crippen molar-refractivity contribution in [2.75, 3.05) is 6.61 Å². The van der Waals surface area contributed by atoms with Gasteiger partial charge in [0.2, 0.25) is 0 Å². The van der Waals surface area contributed by atoms with Crippen LogP contribution >= 0.6 is 0 Å². The lowest BCUT2D eigenvalue weighted by molar-refractivity contribution is 0.0830. The van der Waals surface area contributed by atoms with Crippen molar-refractivity contribution in [2.24, 2.45) is 5.41 Å². The number of hydrogen-bond acceptors (Lipinski definition) is 3. The van der Waals surface area contributed by atoms with Gasteiger partial charge in [0, 0.05) is 22.9 Å². The second-order valence-corrected chi connectivity index (χ2v) is 6.69. The Morgan fingerprint density at radius 3 is 3.00 bits per heavy atom. The summed E-state index contributed by atoms with van der Waals surface area (Å²) in [7, 11) is 0. The molecule has 1 aliphatic carbocycles. The molecule has 0 radical (unpaired) electrons. The molecule has 1 aromatic heterocycles. The Hall–Kier alpha value is -2.01. The van der Waals surface area contributed by atoms with Gasteiger partial charge in [0.15, 0.2) is 0 Å². The highest BCUT2D eigenvalue weighted by Crippen LogP contribution is 2.37. The highest BCUT2D eigenvalue weighted by Gasteiger charge is 2.39. The summed E-state index contributed by atoms with van der Waals surface area (Å²) in [5, 5.41) is 13.4. The van der Waals surface area contributed by atoms with Gasteiger partial charge in [-0.2, -0.15) is 0 Å². The highest BCUT2D eigenvalue weighted by atomic mass is 19.1. The summed E-state index contributed by atoms with van der Waals surface area (Å²) in [5.74, 6) is -0.529. The predicted octanol–water partition coefficient (Wildman–Crippen LogP) is 2.96. The van der Waals surface area contributed by atoms with Crippen molar-refractivity contribution >= 4 is 16.8 Å². The minimum absolute atomic E-state index is 0.0386. The van der Waals surface area contributed by atoms with E-state index in [4.69, 9.17) is 0 Å². The number of rotatable bonds is 3. The lowest BCUT2D eigenvalue weighted by atomic mass is 9.85. The molecule has 2 atom stereocenters. The van der Waals surface area contributed by atoms with Gasteiger partial charge >= 0.3 is 0 Å². The number of nitrogens with zero attached hydrogens (tertiary/aromatic N) is 1. The van der Waals surface area contributed by atoms with E-state index in [9.17, 15) is 14.3 Å². The number of hydrogen-bond donors (Lipinski definition) is 2. The van der Waals surface area contributed by atoms with E-state index in [1.54, 1.807) is 19.1 Å². The van der Waals surface area contributed by atoms with Crippen LogP contribution in [0.2, 0.25) is 0 Å². The number of aromatic nitrogens is 1. The minimum Gasteiger partial charge on any atom is -0.396 e. The molecule has 1 aliphatic rings. The van der Waals surface area contributed by atoms with E-state index in [2.05, 4.69) is 10.3 Å². The summed E-state index contributed by atoms with van der Waals surface area (Å²) >= 11 is 0. The zero-order valence-corrected chi connectivity index (χ0v) is 13.4. The second kappa shape index (κ2) is 5.89. The summed E-state index contributed by atoms with van der Waals surface area (Å²) in [6.45, 7) is 3.81. The van der Waals surface area contributed by atoms with Gasteiger partial charge in [-0.1, -0.05) is 13.3 Å². The van der Waals surface area contributed by atoms with Crippen molar-refractivity contribution in [1.82, 2.24) is 10.3 Å². The van der Waals surface area contributed by atoms with E-state index in [0.717, 1.165) is 24.6 Å². The predicted molar refractivity (Wildman–Crippen MR) is 86.7 cm³/mol. The fourth-order valence-corrected chi connectivity index (χ4v) is 3.37. The summed E-state index contributed by atoms with van der Waals surface area (Å²) in [6, 6.07) is 6.06. The Morgan fingerprint density at radius 2 is 2.26 bits per heavy atom. The Bertz CT molecular complexity index is 762. The van der Waals surface area contributed by atoms with E-state index in [-0.39, 0.29) is 29.8 Å². The molecule has 1 aromatic carbocycles. The molecule has 1 saturated carbocycles. The fraction of sp³-hybridized carbons (Fsp3) is 0.444. The van der Waals surface area contributed by atoms with Crippen LogP contribution < -0.4 is 5.32 Å². The molecule has 122 valence electrons. The smallest absolute Gasteiger partial charge is 0.253 e. The lowest BCUT2D eigenvalue weighted by Crippen LogP contribution is -2.45. The molecular formula is C18H21FN2O2. The Labute approximate surface area is 134 Å². The molecule has 5 heteroatoms. The summed E-state index contributed by atoms with van der Waals surface area (Å²) < 4.78 is 13.3. The van der Waals surface area contributed by atoms with E-state index < -0.39 is 0 Å². The van der Waals surface area contributed by atoms with Crippen LogP contribution in [0.3, 0.4) is 0 Å². The molecule has 0 aliphatic heterocycles. The molecule has 0 bridgehead atoms. The van der Waals surface area contributed by atoms with Gasteiger partial charge in [-0.15, -0.1) is 0 Å². The van der Waals surface area contributed by atoms with Crippen molar-refractivity contribution in [2.45, 2.75) is 39.2 Å². The zero-order chi connectivity index (χ0) is 16.6. The molecule has 0 spiro atoms. The number of carbonyl (C=O) groups excluding carboxylic acids is 1. The number of carbonyl (C=O) groups is 1. The Morgan fingerprint density at radius 1 is 1.48 bits per heavy atom. The van der Waals surface area contributed by atoms with Crippen LogP contribution in [0.15, 0.2) is 24.3 Å². The van der Waals surface area contributed by atoms with Crippen molar-refractivity contribution in [3.8, 4) is 0 Å². The average Bonchev–Trinajstić information content (AvgIpc) is 2.88. The highest BCUT2D eigenvalue weighted by molar-refractivity contribution is 5.98. The Kier molecular flexibility index (Phi) is 4.06. The van der Waals surface area contributed by atoms with Crippen molar-refractivity contribution in [1.29, 1.82) is 0 Å². The quantitative estimate of drug-likeness (QED) is 0.915. The van der Waals surface area contributed by atoms with Crippen molar-refractivity contribution in [3.05, 3.63) is 41.3 Å². The molecule has 2 N–H and O–H groups in total. The first-order chi connectivity index (χ1) is 10.9. The van der Waals surface area contributed by atoms with Gasteiger partial charge in [0.1, 0.15) is 5.82 Å². The molecule has 23 heavy (non-hydrogen) atoms. The number of pyridine rings is 1. The monoisotopic (exact) mass is 316 g/mol. The van der Waals surface area contributed by atoms with Crippen LogP contribution in [0.5, 0.6) is 0 Å². The number of aliphatic hydroxyl groups excluding tert-OH is 1. The van der Waals surface area contributed by atoms with Crippen LogP contribution in [-0.2, 0) is 0 Å². The number of aliphatic hydroxyl groups is 1. The summed E-state index contributed by atoms with van der Waals surface area (Å²) in [4.78, 5) is 17.0. The van der Waals surface area contributed by atoms with E-state index in [0.29, 0.717) is 16.8 Å². The van der Waals surface area contributed by atoms with Crippen LogP contribution in [0.4, 0.5) is 4.39 Å². The maximum atomic E-state index is 13.3. The lowest BCUT2D eigenvalue weighted by Gasteiger charge is -2.30. The van der Waals surface area contributed by atoms with E-state index in [1.165, 1.54) is 12.1 Å². The van der Waals surface area contributed by atoms with Crippen LogP contribution in [-0.4, -0.2) is 28.6 Å². The molecule has 1 fully saturated rings. The zero-order valence-electron chi connectivity index (χ0n) is 13.4. The van der Waals surface area contributed by atoms with Crippen molar-refractivity contribution in [3.63, 3.8) is 0 Å². The SMILES string of the molecule is Cc1nc2cc(F)ccc2cc1C(=O)NC1CCCC1(C)CO. The first-order valence-electron chi connectivity index (χ1n) is 7.91. The molecule has 4 nitrogen and oxygen atoms in total. The van der Waals surface area contributed by atoms with Crippen molar-refractivity contribution < 1.29 is 14.3 Å². The third-order valence-corrected chi connectivity index (χ3v) is 4.96. The van der Waals surface area contributed by atoms with E-state index >= 15 is 0 Å². The number of benzene rings is 1. The second-order valence-electron chi connectivity index (χ2n) is 6.69. The maximum Gasteiger partial charge on any atom is 0.253 e. The first kappa shape index (κ1) is 15.9. The largest absolute Gasteiger partial charge is 0.396 e. The van der Waals surface area contributed by atoms with Gasteiger partial charge in [-0.05, 0) is 38.0 Å². The van der Waals surface area contributed by atoms with E-state index in [1.807, 2.05) is 6.92 Å². The summed E-state index contributed by atoms with van der Waals surface area (Å²) in [5.41, 5.74) is 1.34. The van der Waals surface area contributed by atoms with Crippen LogP contribution in [0.25, 0.3) is 10.9 Å². The molecule has 0 saturated heterocycles. The third-order valence-electron chi connectivity index (χ3n) is 4.96.